The standard InChI is InChI=1S/C16H18BrFN2O/c17-16-11-13(18)7-6-12(16)10-14(20-19)8-9-21-15-4-2-1-3-5-15/h1-7,11,14,20H,8-10,19H2. The molecule has 2 rings (SSSR count). The number of halogens is 2. The SMILES string of the molecule is NNC(CCOc1ccccc1)Cc1ccc(F)cc1Br. The van der Waals surface area contributed by atoms with E-state index in [1.807, 2.05) is 30.3 Å². The van der Waals surface area contributed by atoms with Gasteiger partial charge in [-0.15, -0.1) is 0 Å². The first-order valence-corrected chi connectivity index (χ1v) is 7.56. The Labute approximate surface area is 132 Å². The predicted octanol–water partition coefficient (Wildman–Crippen LogP) is 3.43. The lowest BCUT2D eigenvalue weighted by molar-refractivity contribution is 0.285. The molecule has 5 heteroatoms. The minimum absolute atomic E-state index is 0.0653. The van der Waals surface area contributed by atoms with E-state index in [0.717, 1.165) is 22.2 Å². The molecule has 2 aromatic carbocycles. The van der Waals surface area contributed by atoms with Crippen molar-refractivity contribution in [2.45, 2.75) is 18.9 Å². The van der Waals surface area contributed by atoms with Crippen LogP contribution in [0.5, 0.6) is 5.75 Å². The smallest absolute Gasteiger partial charge is 0.124 e. The van der Waals surface area contributed by atoms with Gasteiger partial charge >= 0.3 is 0 Å². The number of rotatable bonds is 7. The Morgan fingerprint density at radius 3 is 2.62 bits per heavy atom. The number of para-hydroxylation sites is 1. The molecule has 0 saturated carbocycles. The van der Waals surface area contributed by atoms with Crippen molar-refractivity contribution in [3.05, 3.63) is 64.4 Å². The molecule has 0 aromatic heterocycles. The Balaban J connectivity index is 1.85. The zero-order valence-electron chi connectivity index (χ0n) is 11.6. The molecule has 2 aromatic rings. The van der Waals surface area contributed by atoms with Crippen LogP contribution in [0.4, 0.5) is 4.39 Å². The van der Waals surface area contributed by atoms with Gasteiger partial charge in [-0.05, 0) is 42.7 Å². The van der Waals surface area contributed by atoms with Gasteiger partial charge in [0.05, 0.1) is 6.61 Å². The van der Waals surface area contributed by atoms with E-state index in [1.54, 1.807) is 6.07 Å². The minimum atomic E-state index is -0.254. The number of benzene rings is 2. The molecule has 0 aliphatic heterocycles. The van der Waals surface area contributed by atoms with Crippen molar-refractivity contribution >= 4 is 15.9 Å². The summed E-state index contributed by atoms with van der Waals surface area (Å²) in [7, 11) is 0. The fraction of sp³-hybridized carbons (Fsp3) is 0.250. The number of ether oxygens (including phenoxy) is 1. The van der Waals surface area contributed by atoms with Crippen LogP contribution in [0.2, 0.25) is 0 Å². The fourth-order valence-electron chi connectivity index (χ4n) is 2.03. The number of nitrogens with two attached hydrogens (primary N) is 1. The molecule has 0 fully saturated rings. The van der Waals surface area contributed by atoms with Crippen LogP contribution in [0, 0.1) is 5.82 Å². The van der Waals surface area contributed by atoms with E-state index in [1.165, 1.54) is 12.1 Å². The molecule has 0 saturated heterocycles. The molecule has 0 spiro atoms. The zero-order chi connectivity index (χ0) is 15.1. The molecule has 3 nitrogen and oxygen atoms in total. The van der Waals surface area contributed by atoms with Gasteiger partial charge < -0.3 is 4.74 Å². The maximum atomic E-state index is 13.1. The third-order valence-corrected chi connectivity index (χ3v) is 3.93. The average molecular weight is 353 g/mol. The topological polar surface area (TPSA) is 47.3 Å². The van der Waals surface area contributed by atoms with E-state index in [-0.39, 0.29) is 11.9 Å². The number of hydrogen-bond donors (Lipinski definition) is 2. The van der Waals surface area contributed by atoms with Crippen molar-refractivity contribution in [1.29, 1.82) is 0 Å². The highest BCUT2D eigenvalue weighted by molar-refractivity contribution is 9.10. The van der Waals surface area contributed by atoms with Crippen LogP contribution in [0.25, 0.3) is 0 Å². The highest BCUT2D eigenvalue weighted by Gasteiger charge is 2.11. The summed E-state index contributed by atoms with van der Waals surface area (Å²) >= 11 is 3.37. The van der Waals surface area contributed by atoms with E-state index in [0.29, 0.717) is 13.0 Å². The van der Waals surface area contributed by atoms with Gasteiger partial charge in [0.2, 0.25) is 0 Å². The molecular weight excluding hydrogens is 335 g/mol. The molecule has 0 amide bonds. The van der Waals surface area contributed by atoms with Gasteiger partial charge in [-0.2, -0.15) is 0 Å². The molecule has 0 heterocycles. The van der Waals surface area contributed by atoms with Crippen LogP contribution < -0.4 is 16.0 Å². The lowest BCUT2D eigenvalue weighted by Gasteiger charge is -2.17. The van der Waals surface area contributed by atoms with E-state index in [4.69, 9.17) is 10.6 Å². The second-order valence-corrected chi connectivity index (χ2v) is 5.61. The highest BCUT2D eigenvalue weighted by atomic mass is 79.9. The number of nitrogens with one attached hydrogen (secondary N) is 1. The summed E-state index contributed by atoms with van der Waals surface area (Å²) in [6.45, 7) is 0.567. The van der Waals surface area contributed by atoms with Gasteiger partial charge in [0.25, 0.3) is 0 Å². The Morgan fingerprint density at radius 2 is 1.95 bits per heavy atom. The molecule has 0 aliphatic carbocycles. The van der Waals surface area contributed by atoms with Crippen molar-refractivity contribution in [1.82, 2.24) is 5.43 Å². The quantitative estimate of drug-likeness (QED) is 0.592. The third kappa shape index (κ3) is 5.12. The average Bonchev–Trinajstić information content (AvgIpc) is 2.49. The lowest BCUT2D eigenvalue weighted by atomic mass is 10.0. The first-order chi connectivity index (χ1) is 10.2. The monoisotopic (exact) mass is 352 g/mol. The summed E-state index contributed by atoms with van der Waals surface area (Å²) in [5.74, 6) is 6.17. The number of hydrazine groups is 1. The van der Waals surface area contributed by atoms with Gasteiger partial charge in [-0.3, -0.25) is 11.3 Å². The summed E-state index contributed by atoms with van der Waals surface area (Å²) in [5, 5.41) is 0. The first kappa shape index (κ1) is 15.9. The van der Waals surface area contributed by atoms with Crippen LogP contribution in [0.3, 0.4) is 0 Å². The van der Waals surface area contributed by atoms with Crippen molar-refractivity contribution < 1.29 is 9.13 Å². The second kappa shape index (κ2) is 8.12. The van der Waals surface area contributed by atoms with E-state index in [9.17, 15) is 4.39 Å². The Kier molecular flexibility index (Phi) is 6.17. The summed E-state index contributed by atoms with van der Waals surface area (Å²) in [5.41, 5.74) is 3.80. The van der Waals surface area contributed by atoms with Crippen molar-refractivity contribution in [3.63, 3.8) is 0 Å². The molecule has 21 heavy (non-hydrogen) atoms. The van der Waals surface area contributed by atoms with Crippen molar-refractivity contribution in [2.75, 3.05) is 6.61 Å². The number of hydrogen-bond acceptors (Lipinski definition) is 3. The van der Waals surface area contributed by atoms with Crippen molar-refractivity contribution in [2.24, 2.45) is 5.84 Å². The van der Waals surface area contributed by atoms with Crippen LogP contribution in [-0.4, -0.2) is 12.6 Å². The van der Waals surface area contributed by atoms with Crippen molar-refractivity contribution in [3.8, 4) is 5.75 Å². The fourth-order valence-corrected chi connectivity index (χ4v) is 2.55. The summed E-state index contributed by atoms with van der Waals surface area (Å²) in [6, 6.07) is 14.4. The van der Waals surface area contributed by atoms with Gasteiger partial charge in [0.15, 0.2) is 0 Å². The largest absolute Gasteiger partial charge is 0.494 e. The molecule has 1 atom stereocenters. The molecule has 0 aliphatic rings. The maximum Gasteiger partial charge on any atom is 0.124 e. The van der Waals surface area contributed by atoms with Crippen LogP contribution >= 0.6 is 15.9 Å². The van der Waals surface area contributed by atoms with Gasteiger partial charge in [0, 0.05) is 10.5 Å². The molecular formula is C16H18BrFN2O. The Bertz CT molecular complexity index is 565. The van der Waals surface area contributed by atoms with E-state index >= 15 is 0 Å². The molecule has 112 valence electrons. The van der Waals surface area contributed by atoms with Gasteiger partial charge in [0.1, 0.15) is 11.6 Å². The maximum absolute atomic E-state index is 13.1. The van der Waals surface area contributed by atoms with E-state index in [2.05, 4.69) is 21.4 Å². The van der Waals surface area contributed by atoms with Crippen LogP contribution in [0.1, 0.15) is 12.0 Å². The Hall–Kier alpha value is -1.43. The third-order valence-electron chi connectivity index (χ3n) is 3.20. The minimum Gasteiger partial charge on any atom is -0.494 e. The van der Waals surface area contributed by atoms with Crippen LogP contribution in [-0.2, 0) is 6.42 Å². The summed E-state index contributed by atoms with van der Waals surface area (Å²) in [4.78, 5) is 0. The predicted molar refractivity (Wildman–Crippen MR) is 85.5 cm³/mol. The lowest BCUT2D eigenvalue weighted by Crippen LogP contribution is -2.38. The van der Waals surface area contributed by atoms with Gasteiger partial charge in [-0.1, -0.05) is 40.2 Å². The molecule has 1 unspecified atom stereocenters. The molecule has 0 bridgehead atoms. The summed E-state index contributed by atoms with van der Waals surface area (Å²) < 4.78 is 19.5. The van der Waals surface area contributed by atoms with E-state index < -0.39 is 0 Å². The normalized spacial score (nSPS) is 12.1. The van der Waals surface area contributed by atoms with Crippen LogP contribution in [0.15, 0.2) is 53.0 Å². The highest BCUT2D eigenvalue weighted by Crippen LogP contribution is 2.20. The first-order valence-electron chi connectivity index (χ1n) is 6.77. The zero-order valence-corrected chi connectivity index (χ0v) is 13.1. The molecule has 3 N–H and O–H groups in total. The Morgan fingerprint density at radius 1 is 1.19 bits per heavy atom. The molecule has 0 radical (unpaired) electrons. The summed E-state index contributed by atoms with van der Waals surface area (Å²) in [6.07, 6.45) is 1.46. The van der Waals surface area contributed by atoms with Gasteiger partial charge in [-0.25, -0.2) is 4.39 Å². The second-order valence-electron chi connectivity index (χ2n) is 4.75.